The molecule has 0 bridgehead atoms. The van der Waals surface area contributed by atoms with Gasteiger partial charge in [-0.05, 0) is 18.8 Å². The second-order valence-corrected chi connectivity index (χ2v) is 5.31. The number of amides is 2. The zero-order valence-corrected chi connectivity index (χ0v) is 11.3. The van der Waals surface area contributed by atoms with Crippen LogP contribution in [0.15, 0.2) is 5.16 Å². The van der Waals surface area contributed by atoms with Gasteiger partial charge in [-0.3, -0.25) is 0 Å². The molecule has 2 aliphatic rings. The summed E-state index contributed by atoms with van der Waals surface area (Å²) < 4.78 is 5.39. The summed E-state index contributed by atoms with van der Waals surface area (Å²) in [7, 11) is 0. The number of hydrogen-bond donors (Lipinski definition) is 2. The van der Waals surface area contributed by atoms with Crippen molar-refractivity contribution in [3.63, 3.8) is 0 Å². The van der Waals surface area contributed by atoms with E-state index in [1.807, 2.05) is 4.90 Å². The second kappa shape index (κ2) is 6.10. The van der Waals surface area contributed by atoms with E-state index >= 15 is 0 Å². The van der Waals surface area contributed by atoms with Crippen molar-refractivity contribution in [3.05, 3.63) is 0 Å². The van der Waals surface area contributed by atoms with Gasteiger partial charge in [0.25, 0.3) is 0 Å². The summed E-state index contributed by atoms with van der Waals surface area (Å²) in [5, 5.41) is 11.6. The summed E-state index contributed by atoms with van der Waals surface area (Å²) in [6.07, 6.45) is 1.73. The maximum absolute atomic E-state index is 12.4. The number of nitrogens with two attached hydrogens (primary N) is 1. The van der Waals surface area contributed by atoms with E-state index in [4.69, 9.17) is 15.7 Å². The van der Waals surface area contributed by atoms with Crippen molar-refractivity contribution >= 4 is 11.9 Å². The van der Waals surface area contributed by atoms with E-state index in [1.54, 1.807) is 4.90 Å². The summed E-state index contributed by atoms with van der Waals surface area (Å²) in [6, 6.07) is 0.0330. The minimum Gasteiger partial charge on any atom is -0.409 e. The van der Waals surface area contributed by atoms with Crippen LogP contribution in [0.25, 0.3) is 0 Å². The maximum atomic E-state index is 12.4. The van der Waals surface area contributed by atoms with E-state index in [0.717, 1.165) is 19.5 Å². The molecule has 0 radical (unpaired) electrons. The van der Waals surface area contributed by atoms with Gasteiger partial charge in [0.2, 0.25) is 0 Å². The molecule has 2 atom stereocenters. The molecule has 2 aliphatic heterocycles. The van der Waals surface area contributed by atoms with E-state index in [1.165, 1.54) is 6.42 Å². The van der Waals surface area contributed by atoms with E-state index in [-0.39, 0.29) is 11.9 Å². The Morgan fingerprint density at radius 3 is 2.79 bits per heavy atom. The van der Waals surface area contributed by atoms with Gasteiger partial charge in [-0.1, -0.05) is 12.1 Å². The first kappa shape index (κ1) is 13.9. The monoisotopic (exact) mass is 270 g/mol. The van der Waals surface area contributed by atoms with Crippen LogP contribution in [0, 0.1) is 5.92 Å². The average Bonchev–Trinajstić information content (AvgIpc) is 2.45. The number of carbonyl (C=O) groups is 1. The van der Waals surface area contributed by atoms with E-state index in [0.29, 0.717) is 25.6 Å². The molecule has 0 aromatic carbocycles. The molecule has 7 nitrogen and oxygen atoms in total. The topological polar surface area (TPSA) is 91.4 Å². The van der Waals surface area contributed by atoms with Crippen LogP contribution >= 0.6 is 0 Å². The van der Waals surface area contributed by atoms with Gasteiger partial charge in [0.1, 0.15) is 6.10 Å². The summed E-state index contributed by atoms with van der Waals surface area (Å²) in [5.74, 6) is 0.572. The maximum Gasteiger partial charge on any atom is 0.320 e. The number of rotatable bonds is 1. The fraction of sp³-hybridized carbons (Fsp3) is 0.833. The molecule has 19 heavy (non-hydrogen) atoms. The molecular weight excluding hydrogens is 248 g/mol. The predicted octanol–water partition coefficient (Wildman–Crippen LogP) is 0.286. The van der Waals surface area contributed by atoms with Crippen LogP contribution in [0.3, 0.4) is 0 Å². The van der Waals surface area contributed by atoms with Crippen molar-refractivity contribution < 1.29 is 14.7 Å². The molecule has 2 rings (SSSR count). The Morgan fingerprint density at radius 1 is 1.37 bits per heavy atom. The normalized spacial score (nSPS) is 29.4. The summed E-state index contributed by atoms with van der Waals surface area (Å²) >= 11 is 0. The van der Waals surface area contributed by atoms with Crippen LogP contribution in [0.2, 0.25) is 0 Å². The van der Waals surface area contributed by atoms with Crippen molar-refractivity contribution in [1.82, 2.24) is 9.80 Å². The standard InChI is InChI=1S/C12H22N4O3/c1-9-3-2-4-15(7-9)12(17)16-5-6-19-10(8-16)11(13)14-18/h9-10,18H,2-8H2,1H3,(H2,13,14). The first-order valence-electron chi connectivity index (χ1n) is 6.74. The average molecular weight is 270 g/mol. The van der Waals surface area contributed by atoms with Gasteiger partial charge >= 0.3 is 6.03 Å². The third-order valence-electron chi connectivity index (χ3n) is 3.71. The van der Waals surface area contributed by atoms with Crippen LogP contribution in [-0.4, -0.2) is 65.8 Å². The third kappa shape index (κ3) is 3.28. The number of amidine groups is 1. The van der Waals surface area contributed by atoms with Gasteiger partial charge in [0.05, 0.1) is 13.2 Å². The van der Waals surface area contributed by atoms with Crippen LogP contribution in [-0.2, 0) is 4.74 Å². The number of ether oxygens (including phenoxy) is 1. The Hall–Kier alpha value is -1.50. The third-order valence-corrected chi connectivity index (χ3v) is 3.71. The fourth-order valence-corrected chi connectivity index (χ4v) is 2.63. The molecule has 0 aromatic rings. The number of piperidine rings is 1. The van der Waals surface area contributed by atoms with E-state index in [9.17, 15) is 4.79 Å². The molecule has 2 saturated heterocycles. The van der Waals surface area contributed by atoms with E-state index < -0.39 is 6.10 Å². The van der Waals surface area contributed by atoms with Gasteiger partial charge in [-0.15, -0.1) is 0 Å². The van der Waals surface area contributed by atoms with Crippen LogP contribution in [0.1, 0.15) is 19.8 Å². The highest BCUT2D eigenvalue weighted by atomic mass is 16.5. The van der Waals surface area contributed by atoms with Gasteiger partial charge in [0, 0.05) is 19.6 Å². The lowest BCUT2D eigenvalue weighted by Gasteiger charge is -2.38. The molecule has 2 amide bonds. The van der Waals surface area contributed by atoms with Gasteiger partial charge in [-0.25, -0.2) is 4.79 Å². The van der Waals surface area contributed by atoms with E-state index in [2.05, 4.69) is 12.1 Å². The van der Waals surface area contributed by atoms with Crippen molar-refractivity contribution in [3.8, 4) is 0 Å². The smallest absolute Gasteiger partial charge is 0.320 e. The fourth-order valence-electron chi connectivity index (χ4n) is 2.63. The highest BCUT2D eigenvalue weighted by molar-refractivity contribution is 5.85. The van der Waals surface area contributed by atoms with Crippen molar-refractivity contribution in [2.75, 3.05) is 32.8 Å². The second-order valence-electron chi connectivity index (χ2n) is 5.31. The zero-order valence-electron chi connectivity index (χ0n) is 11.3. The van der Waals surface area contributed by atoms with Crippen LogP contribution < -0.4 is 5.73 Å². The zero-order chi connectivity index (χ0) is 13.8. The van der Waals surface area contributed by atoms with Crippen molar-refractivity contribution in [2.24, 2.45) is 16.8 Å². The molecule has 0 aliphatic carbocycles. The highest BCUT2D eigenvalue weighted by Crippen LogP contribution is 2.18. The van der Waals surface area contributed by atoms with Crippen LogP contribution in [0.5, 0.6) is 0 Å². The molecule has 2 heterocycles. The number of carbonyl (C=O) groups excluding carboxylic acids is 1. The molecule has 0 saturated carbocycles. The summed E-state index contributed by atoms with van der Waals surface area (Å²) in [4.78, 5) is 16.0. The Morgan fingerprint density at radius 2 is 2.11 bits per heavy atom. The molecule has 2 fully saturated rings. The minimum absolute atomic E-state index is 0.0181. The first-order chi connectivity index (χ1) is 9.11. The molecule has 108 valence electrons. The lowest BCUT2D eigenvalue weighted by atomic mass is 10.0. The number of likely N-dealkylation sites (tertiary alicyclic amines) is 1. The van der Waals surface area contributed by atoms with Gasteiger partial charge < -0.3 is 25.5 Å². The Labute approximate surface area is 113 Å². The lowest BCUT2D eigenvalue weighted by Crippen LogP contribution is -2.55. The molecule has 0 spiro atoms. The number of oxime groups is 1. The molecule has 7 heteroatoms. The summed E-state index contributed by atoms with van der Waals surface area (Å²) in [6.45, 7) is 5.10. The van der Waals surface area contributed by atoms with Crippen LogP contribution in [0.4, 0.5) is 4.79 Å². The molecule has 2 unspecified atom stereocenters. The molecule has 0 aromatic heterocycles. The van der Waals surface area contributed by atoms with Gasteiger partial charge in [0.15, 0.2) is 5.84 Å². The van der Waals surface area contributed by atoms with Crippen molar-refractivity contribution in [2.45, 2.75) is 25.9 Å². The van der Waals surface area contributed by atoms with Gasteiger partial charge in [-0.2, -0.15) is 0 Å². The predicted molar refractivity (Wildman–Crippen MR) is 70.1 cm³/mol. The molecular formula is C12H22N4O3. The largest absolute Gasteiger partial charge is 0.409 e. The highest BCUT2D eigenvalue weighted by Gasteiger charge is 2.31. The Balaban J connectivity index is 1.95. The van der Waals surface area contributed by atoms with Crippen molar-refractivity contribution in [1.29, 1.82) is 0 Å². The summed E-state index contributed by atoms with van der Waals surface area (Å²) in [5.41, 5.74) is 5.53. The number of hydrogen-bond acceptors (Lipinski definition) is 4. The molecule has 3 N–H and O–H groups in total. The number of urea groups is 1. The SMILES string of the molecule is CC1CCCN(C(=O)N2CCOC(C(N)=NO)C2)C1. The number of nitrogens with zero attached hydrogens (tertiary/aromatic N) is 3. The number of morpholine rings is 1. The quantitative estimate of drug-likeness (QED) is 0.310. The first-order valence-corrected chi connectivity index (χ1v) is 6.74. The minimum atomic E-state index is -0.509. The Kier molecular flexibility index (Phi) is 4.47. The Bertz CT molecular complexity index is 361. The lowest BCUT2D eigenvalue weighted by molar-refractivity contribution is 0.0105.